The Morgan fingerprint density at radius 3 is 2.80 bits per heavy atom. The molecule has 0 aromatic heterocycles. The van der Waals surface area contributed by atoms with E-state index in [9.17, 15) is 0 Å². The van der Waals surface area contributed by atoms with E-state index in [2.05, 4.69) is 24.1 Å². The first-order valence-corrected chi connectivity index (χ1v) is 6.17. The maximum Gasteiger partial charge on any atom is 0.0468 e. The Morgan fingerprint density at radius 1 is 1.47 bits per heavy atom. The van der Waals surface area contributed by atoms with Crippen molar-refractivity contribution in [1.29, 1.82) is 0 Å². The summed E-state index contributed by atoms with van der Waals surface area (Å²) in [4.78, 5) is 2.50. The molecular weight excluding hydrogens is 188 g/mol. The second-order valence-corrected chi connectivity index (χ2v) is 5.03. The Morgan fingerprint density at radius 2 is 2.20 bits per heavy atom. The Kier molecular flexibility index (Phi) is 5.58. The van der Waals surface area contributed by atoms with Gasteiger partial charge in [-0.2, -0.15) is 0 Å². The van der Waals surface area contributed by atoms with E-state index >= 15 is 0 Å². The molecule has 0 spiro atoms. The average Bonchev–Trinajstić information content (AvgIpc) is 2.28. The van der Waals surface area contributed by atoms with Gasteiger partial charge in [0.25, 0.3) is 0 Å². The van der Waals surface area contributed by atoms with Gasteiger partial charge in [0.2, 0.25) is 0 Å². The van der Waals surface area contributed by atoms with Crippen LogP contribution in [0.25, 0.3) is 0 Å². The van der Waals surface area contributed by atoms with E-state index in [0.29, 0.717) is 18.6 Å². The highest BCUT2D eigenvalue weighted by molar-refractivity contribution is 4.80. The smallest absolute Gasteiger partial charge is 0.0468 e. The quantitative estimate of drug-likeness (QED) is 0.715. The van der Waals surface area contributed by atoms with E-state index in [4.69, 9.17) is 5.11 Å². The van der Waals surface area contributed by atoms with Crippen molar-refractivity contribution in [2.45, 2.75) is 32.7 Å². The molecule has 0 aliphatic carbocycles. The van der Waals surface area contributed by atoms with Gasteiger partial charge in [0.15, 0.2) is 0 Å². The van der Waals surface area contributed by atoms with Gasteiger partial charge in [-0.25, -0.2) is 0 Å². The summed E-state index contributed by atoms with van der Waals surface area (Å²) in [6, 6.07) is 0.609. The summed E-state index contributed by atoms with van der Waals surface area (Å²) in [5.74, 6) is 1.18. The van der Waals surface area contributed by atoms with Crippen molar-refractivity contribution in [3.05, 3.63) is 0 Å². The second-order valence-electron chi connectivity index (χ2n) is 5.03. The summed E-state index contributed by atoms with van der Waals surface area (Å²) < 4.78 is 0. The summed E-state index contributed by atoms with van der Waals surface area (Å²) >= 11 is 0. The van der Waals surface area contributed by atoms with Crippen LogP contribution in [-0.2, 0) is 0 Å². The highest BCUT2D eigenvalue weighted by atomic mass is 16.3. The lowest BCUT2D eigenvalue weighted by Gasteiger charge is -2.36. The Bertz CT molecular complexity index is 175. The summed E-state index contributed by atoms with van der Waals surface area (Å²) in [6.07, 6.45) is 2.64. The van der Waals surface area contributed by atoms with Crippen LogP contribution in [0.5, 0.6) is 0 Å². The molecule has 1 aliphatic rings. The number of aliphatic hydroxyl groups is 1. The van der Waals surface area contributed by atoms with Gasteiger partial charge in [0.1, 0.15) is 0 Å². The highest BCUT2D eigenvalue weighted by Gasteiger charge is 2.24. The minimum atomic E-state index is 0.308. The summed E-state index contributed by atoms with van der Waals surface area (Å²) in [5, 5.41) is 12.4. The van der Waals surface area contributed by atoms with Crippen LogP contribution in [0, 0.1) is 11.8 Å². The van der Waals surface area contributed by atoms with E-state index < -0.39 is 0 Å². The number of hydrogen-bond acceptors (Lipinski definition) is 3. The molecule has 0 aromatic carbocycles. The fourth-order valence-electron chi connectivity index (χ4n) is 2.40. The fraction of sp³-hybridized carbons (Fsp3) is 1.00. The molecule has 1 rings (SSSR count). The van der Waals surface area contributed by atoms with E-state index in [1.54, 1.807) is 0 Å². The molecule has 1 fully saturated rings. The van der Waals surface area contributed by atoms with Gasteiger partial charge in [-0.1, -0.05) is 6.92 Å². The van der Waals surface area contributed by atoms with Crippen LogP contribution in [-0.4, -0.2) is 49.3 Å². The van der Waals surface area contributed by atoms with Crippen LogP contribution in [0.3, 0.4) is 0 Å². The standard InChI is InChI=1S/C12H26N2O/c1-10(9-15)7-14-6-4-5-12(8-14)11(2)13-3/h10-13,15H,4-9H2,1-3H3. The third-order valence-electron chi connectivity index (χ3n) is 3.59. The molecule has 2 N–H and O–H groups in total. The fourth-order valence-corrected chi connectivity index (χ4v) is 2.40. The first-order chi connectivity index (χ1) is 7.17. The zero-order chi connectivity index (χ0) is 11.3. The number of nitrogens with one attached hydrogen (secondary N) is 1. The van der Waals surface area contributed by atoms with Crippen LogP contribution in [0.4, 0.5) is 0 Å². The minimum absolute atomic E-state index is 0.308. The van der Waals surface area contributed by atoms with Crippen LogP contribution in [0.2, 0.25) is 0 Å². The predicted octanol–water partition coefficient (Wildman–Crippen LogP) is 0.935. The maximum absolute atomic E-state index is 9.05. The average molecular weight is 214 g/mol. The first kappa shape index (κ1) is 12.9. The molecule has 3 atom stereocenters. The zero-order valence-corrected chi connectivity index (χ0v) is 10.4. The van der Waals surface area contributed by atoms with Gasteiger partial charge >= 0.3 is 0 Å². The van der Waals surface area contributed by atoms with Gasteiger partial charge in [-0.3, -0.25) is 0 Å². The van der Waals surface area contributed by atoms with Gasteiger partial charge in [0.05, 0.1) is 0 Å². The van der Waals surface area contributed by atoms with E-state index in [-0.39, 0.29) is 0 Å². The van der Waals surface area contributed by atoms with Crippen molar-refractivity contribution in [2.24, 2.45) is 11.8 Å². The second kappa shape index (κ2) is 6.46. The van der Waals surface area contributed by atoms with Crippen molar-refractivity contribution in [1.82, 2.24) is 10.2 Å². The van der Waals surface area contributed by atoms with Crippen LogP contribution >= 0.6 is 0 Å². The van der Waals surface area contributed by atoms with Crippen molar-refractivity contribution in [3.63, 3.8) is 0 Å². The highest BCUT2D eigenvalue weighted by Crippen LogP contribution is 2.20. The molecular formula is C12H26N2O. The summed E-state index contributed by atoms with van der Waals surface area (Å²) in [6.45, 7) is 8.13. The van der Waals surface area contributed by atoms with Gasteiger partial charge < -0.3 is 15.3 Å². The number of aliphatic hydroxyl groups excluding tert-OH is 1. The first-order valence-electron chi connectivity index (χ1n) is 6.17. The van der Waals surface area contributed by atoms with E-state index in [0.717, 1.165) is 12.5 Å². The Hall–Kier alpha value is -0.120. The van der Waals surface area contributed by atoms with E-state index in [1.807, 2.05) is 7.05 Å². The zero-order valence-electron chi connectivity index (χ0n) is 10.4. The van der Waals surface area contributed by atoms with Crippen molar-refractivity contribution >= 4 is 0 Å². The van der Waals surface area contributed by atoms with Crippen molar-refractivity contribution < 1.29 is 5.11 Å². The van der Waals surface area contributed by atoms with Crippen molar-refractivity contribution in [2.75, 3.05) is 33.3 Å². The third kappa shape index (κ3) is 4.09. The third-order valence-corrected chi connectivity index (χ3v) is 3.59. The molecule has 0 aromatic rings. The van der Waals surface area contributed by atoms with Crippen LogP contribution in [0.1, 0.15) is 26.7 Å². The molecule has 1 aliphatic heterocycles. The SMILES string of the molecule is CNC(C)C1CCCN(CC(C)CO)C1. The minimum Gasteiger partial charge on any atom is -0.396 e. The number of piperidine rings is 1. The lowest BCUT2D eigenvalue weighted by molar-refractivity contribution is 0.116. The maximum atomic E-state index is 9.05. The summed E-state index contributed by atoms with van der Waals surface area (Å²) in [7, 11) is 2.04. The number of nitrogens with zero attached hydrogens (tertiary/aromatic N) is 1. The van der Waals surface area contributed by atoms with Gasteiger partial charge in [-0.05, 0) is 45.2 Å². The summed E-state index contributed by atoms with van der Waals surface area (Å²) in [5.41, 5.74) is 0. The predicted molar refractivity (Wildman–Crippen MR) is 63.9 cm³/mol. The van der Waals surface area contributed by atoms with Gasteiger partial charge in [0, 0.05) is 25.7 Å². The lowest BCUT2D eigenvalue weighted by Crippen LogP contribution is -2.45. The molecule has 15 heavy (non-hydrogen) atoms. The molecule has 0 amide bonds. The molecule has 3 heteroatoms. The Balaban J connectivity index is 2.35. The molecule has 0 radical (unpaired) electrons. The van der Waals surface area contributed by atoms with Crippen LogP contribution < -0.4 is 5.32 Å². The molecule has 0 saturated carbocycles. The van der Waals surface area contributed by atoms with Crippen LogP contribution in [0.15, 0.2) is 0 Å². The monoisotopic (exact) mass is 214 g/mol. The lowest BCUT2D eigenvalue weighted by atomic mass is 9.91. The topological polar surface area (TPSA) is 35.5 Å². The normalized spacial score (nSPS) is 27.6. The number of likely N-dealkylation sites (tertiary alicyclic amines) is 1. The largest absolute Gasteiger partial charge is 0.396 e. The molecule has 90 valence electrons. The Labute approximate surface area is 93.9 Å². The number of rotatable bonds is 5. The molecule has 3 unspecified atom stereocenters. The van der Waals surface area contributed by atoms with Crippen molar-refractivity contribution in [3.8, 4) is 0 Å². The van der Waals surface area contributed by atoms with E-state index in [1.165, 1.54) is 25.9 Å². The molecule has 1 heterocycles. The molecule has 3 nitrogen and oxygen atoms in total. The van der Waals surface area contributed by atoms with Gasteiger partial charge in [-0.15, -0.1) is 0 Å². The molecule has 1 saturated heterocycles. The number of hydrogen-bond donors (Lipinski definition) is 2. The molecule has 0 bridgehead atoms.